The number of carbonyl (C=O) groups excluding carboxylic acids is 2. The summed E-state index contributed by atoms with van der Waals surface area (Å²) in [5, 5.41) is 10.8. The zero-order chi connectivity index (χ0) is 30.1. The molecular weight excluding hydrogens is 521 g/mol. The Morgan fingerprint density at radius 3 is 0.923 bits per heavy atom. The summed E-state index contributed by atoms with van der Waals surface area (Å²) >= 11 is 8.40. The second-order valence-corrected chi connectivity index (χ2v) is 10.6. The third-order valence-electron chi connectivity index (χ3n) is 5.96. The lowest BCUT2D eigenvalue weighted by Crippen LogP contribution is -1.81. The normalized spacial score (nSPS) is 9.05. The maximum atomic E-state index is 8.35. The van der Waals surface area contributed by atoms with Crippen molar-refractivity contribution in [3.05, 3.63) is 35.9 Å². The predicted molar refractivity (Wildman–Crippen MR) is 179 cm³/mol. The lowest BCUT2D eigenvalue weighted by Gasteiger charge is -2.00. The van der Waals surface area contributed by atoms with Crippen LogP contribution in [0.1, 0.15) is 148 Å². The van der Waals surface area contributed by atoms with E-state index in [9.17, 15) is 0 Å². The van der Waals surface area contributed by atoms with Crippen LogP contribution in [0.2, 0.25) is 0 Å². The first-order valence-electron chi connectivity index (χ1n) is 15.4. The lowest BCUT2D eigenvalue weighted by atomic mass is 10.1. The Hall–Kier alpha value is -1.32. The maximum absolute atomic E-state index is 8.35. The van der Waals surface area contributed by atoms with Crippen LogP contribution in [0.3, 0.4) is 0 Å². The molecule has 0 aliphatic rings. The summed E-state index contributed by atoms with van der Waals surface area (Å²) in [4.78, 5) is 16.7. The molecule has 2 N–H and O–H groups in total. The molecule has 0 saturated carbocycles. The van der Waals surface area contributed by atoms with Crippen molar-refractivity contribution in [2.75, 3.05) is 11.5 Å². The van der Waals surface area contributed by atoms with Gasteiger partial charge in [-0.15, -0.1) is 0 Å². The van der Waals surface area contributed by atoms with Crippen LogP contribution in [0.5, 0.6) is 0 Å². The minimum Gasteiger partial charge on any atom is -0.222 e. The quantitative estimate of drug-likeness (QED) is 0.0533. The summed E-state index contributed by atoms with van der Waals surface area (Å²) in [5.41, 5.74) is 1.32. The van der Waals surface area contributed by atoms with Crippen LogP contribution in [-0.2, 0) is 9.59 Å². The van der Waals surface area contributed by atoms with Crippen LogP contribution in [0.25, 0.3) is 0 Å². The lowest BCUT2D eigenvalue weighted by molar-refractivity contribution is 0.562. The van der Waals surface area contributed by atoms with Crippen LogP contribution < -0.4 is 0 Å². The van der Waals surface area contributed by atoms with E-state index < -0.39 is 0 Å². The average Bonchev–Trinajstić information content (AvgIpc) is 2.93. The van der Waals surface area contributed by atoms with Crippen LogP contribution in [0.4, 0.5) is 0 Å². The van der Waals surface area contributed by atoms with Gasteiger partial charge >= 0.3 is 0 Å². The highest BCUT2D eigenvalue weighted by atomic mass is 32.1. The van der Waals surface area contributed by atoms with Crippen molar-refractivity contribution in [2.24, 2.45) is 0 Å². The molecule has 0 saturated heterocycles. The van der Waals surface area contributed by atoms with Gasteiger partial charge in [0.25, 0.3) is 0 Å². The third-order valence-corrected chi connectivity index (χ3v) is 6.60. The number of aryl methyl sites for hydroxylation is 1. The van der Waals surface area contributed by atoms with Gasteiger partial charge in [-0.05, 0) is 31.3 Å². The van der Waals surface area contributed by atoms with E-state index in [1.807, 2.05) is 18.2 Å². The molecule has 1 rings (SSSR count). The zero-order valence-electron chi connectivity index (χ0n) is 25.7. The van der Waals surface area contributed by atoms with E-state index in [1.54, 1.807) is 0 Å². The van der Waals surface area contributed by atoms with Crippen LogP contribution in [0.15, 0.2) is 30.3 Å². The molecule has 6 heteroatoms. The molecule has 0 aliphatic carbocycles. The number of nitrogens with one attached hydrogen (secondary N) is 2. The molecular formula is C33H62N2O2S2. The van der Waals surface area contributed by atoms with Gasteiger partial charge < -0.3 is 0 Å². The number of hydrogen-bond acceptors (Lipinski definition) is 6. The summed E-state index contributed by atoms with van der Waals surface area (Å²) < 4.78 is 0. The molecule has 228 valence electrons. The van der Waals surface area contributed by atoms with Gasteiger partial charge in [-0.3, -0.25) is 0 Å². The van der Waals surface area contributed by atoms with Crippen LogP contribution in [0, 0.1) is 17.7 Å². The van der Waals surface area contributed by atoms with E-state index in [4.69, 9.17) is 20.4 Å². The number of benzene rings is 1. The fourth-order valence-electron chi connectivity index (χ4n) is 3.73. The highest BCUT2D eigenvalue weighted by Crippen LogP contribution is 2.11. The van der Waals surface area contributed by atoms with Crippen LogP contribution in [-0.4, -0.2) is 23.7 Å². The Morgan fingerprint density at radius 1 is 0.513 bits per heavy atom. The monoisotopic (exact) mass is 582 g/mol. The smallest absolute Gasteiger partial charge is 0.222 e. The van der Waals surface area contributed by atoms with Crippen LogP contribution >= 0.6 is 25.3 Å². The van der Waals surface area contributed by atoms with E-state index in [1.165, 1.54) is 134 Å². The van der Waals surface area contributed by atoms with Gasteiger partial charge in [0.05, 0.1) is 0 Å². The maximum Gasteiger partial charge on any atom is 0.231 e. The van der Waals surface area contributed by atoms with Gasteiger partial charge in [-0.25, -0.2) is 20.4 Å². The first kappa shape index (κ1) is 44.7. The fraction of sp³-hybridized carbons (Fsp3) is 0.758. The van der Waals surface area contributed by atoms with E-state index in [2.05, 4.69) is 58.2 Å². The van der Waals surface area contributed by atoms with Crippen molar-refractivity contribution in [1.82, 2.24) is 0 Å². The summed E-state index contributed by atoms with van der Waals surface area (Å²) in [6.45, 7) is 6.63. The van der Waals surface area contributed by atoms with E-state index >= 15 is 0 Å². The largest absolute Gasteiger partial charge is 0.231 e. The molecule has 0 aromatic heterocycles. The Morgan fingerprint density at radius 2 is 0.744 bits per heavy atom. The minimum atomic E-state index is 0.750. The molecule has 0 unspecified atom stereocenters. The van der Waals surface area contributed by atoms with Gasteiger partial charge in [-0.1, -0.05) is 165 Å². The van der Waals surface area contributed by atoms with Crippen molar-refractivity contribution in [2.45, 2.75) is 149 Å². The predicted octanol–water partition coefficient (Wildman–Crippen LogP) is 11.5. The molecule has 1 aromatic rings. The number of hydrogen-bond donors (Lipinski definition) is 4. The van der Waals surface area contributed by atoms with Crippen molar-refractivity contribution < 1.29 is 9.59 Å². The average molecular weight is 583 g/mol. The summed E-state index contributed by atoms with van der Waals surface area (Å²) in [5.74, 6) is 2.13. The van der Waals surface area contributed by atoms with Crippen molar-refractivity contribution in [3.8, 4) is 0 Å². The molecule has 39 heavy (non-hydrogen) atoms. The topological polar surface area (TPSA) is 81.8 Å². The number of isocyanates is 2. The Bertz CT molecular complexity index is 535. The minimum absolute atomic E-state index is 0.750. The molecule has 4 nitrogen and oxygen atoms in total. The van der Waals surface area contributed by atoms with E-state index in [-0.39, 0.29) is 0 Å². The molecule has 1 aromatic carbocycles. The molecule has 0 spiro atoms. The molecule has 0 heterocycles. The van der Waals surface area contributed by atoms with E-state index in [0.29, 0.717) is 0 Å². The van der Waals surface area contributed by atoms with Gasteiger partial charge in [0.1, 0.15) is 0 Å². The third kappa shape index (κ3) is 62.0. The first-order valence-corrected chi connectivity index (χ1v) is 16.6. The fourth-order valence-corrected chi connectivity index (χ4v) is 4.18. The second kappa shape index (κ2) is 49.6. The van der Waals surface area contributed by atoms with E-state index in [0.717, 1.165) is 23.7 Å². The van der Waals surface area contributed by atoms with Crippen molar-refractivity contribution >= 4 is 37.4 Å². The number of thiol groups is 2. The highest BCUT2D eigenvalue weighted by molar-refractivity contribution is 7.80. The Kier molecular flexibility index (Phi) is 56.8. The number of unbranched alkanes of at least 4 members (excludes halogenated alkanes) is 18. The molecule has 0 amide bonds. The molecule has 0 bridgehead atoms. The van der Waals surface area contributed by atoms with Gasteiger partial charge in [0, 0.05) is 0 Å². The standard InChI is InChI=1S/2C12H26S.C7H8.2CHNO/c2*1-2-3-4-5-6-7-8-9-10-11-12-13;1-7-5-3-2-4-6-7;2*2-1-3/h2*13H,2-12H2,1H3;2-6H,1H3;2*2H. The van der Waals surface area contributed by atoms with Crippen molar-refractivity contribution in [1.29, 1.82) is 10.8 Å². The SMILES string of the molecule is CCCCCCCCCCCCS.CCCCCCCCCCCCS.Cc1ccccc1.N=C=O.N=C=O. The molecule has 0 radical (unpaired) electrons. The summed E-state index contributed by atoms with van der Waals surface area (Å²) in [6.07, 6.45) is 29.9. The molecule has 0 fully saturated rings. The highest BCUT2D eigenvalue weighted by Gasteiger charge is 1.92. The summed E-state index contributed by atoms with van der Waals surface area (Å²) in [7, 11) is 0. The first-order chi connectivity index (χ1) is 19.1. The zero-order valence-corrected chi connectivity index (χ0v) is 27.4. The number of rotatable bonds is 20. The molecule has 0 atom stereocenters. The van der Waals surface area contributed by atoms with Gasteiger partial charge in [-0.2, -0.15) is 25.3 Å². The second-order valence-electron chi connectivity index (χ2n) is 9.67. The molecule has 0 aliphatic heterocycles. The van der Waals surface area contributed by atoms with Gasteiger partial charge in [0.2, 0.25) is 12.2 Å². The van der Waals surface area contributed by atoms with Gasteiger partial charge in [0.15, 0.2) is 0 Å². The summed E-state index contributed by atoms with van der Waals surface area (Å²) in [6, 6.07) is 10.3. The van der Waals surface area contributed by atoms with Crippen molar-refractivity contribution in [3.63, 3.8) is 0 Å². The Balaban J connectivity index is -0.000000219. The Labute approximate surface area is 253 Å².